The third-order valence-corrected chi connectivity index (χ3v) is 5.84. The molecule has 1 aromatic rings. The van der Waals surface area contributed by atoms with Crippen LogP contribution in [-0.2, 0) is 14.8 Å². The maximum Gasteiger partial charge on any atom is 0.242 e. The molecule has 3 N–H and O–H groups in total. The van der Waals surface area contributed by atoms with Crippen molar-refractivity contribution >= 4 is 21.6 Å². The highest BCUT2D eigenvalue weighted by atomic mass is 32.2. The number of anilines is 1. The molecule has 24 heavy (non-hydrogen) atoms. The standard InChI is InChI=1S/C17H29N3O3S/c1-13-11-15(24(22,23)20(3)4)12-16(14(13)2)19-17(21)9-7-5-6-8-10-18/h11-12H,5-10,18H2,1-4H3,(H,19,21). The van der Waals surface area contributed by atoms with Gasteiger partial charge in [0.25, 0.3) is 0 Å². The van der Waals surface area contributed by atoms with Crippen molar-refractivity contribution in [3.63, 3.8) is 0 Å². The van der Waals surface area contributed by atoms with Crippen molar-refractivity contribution in [2.75, 3.05) is 26.0 Å². The molecule has 0 saturated heterocycles. The summed E-state index contributed by atoms with van der Waals surface area (Å²) in [5, 5.41) is 2.85. The fraction of sp³-hybridized carbons (Fsp3) is 0.588. The van der Waals surface area contributed by atoms with Gasteiger partial charge in [0.05, 0.1) is 4.90 Å². The van der Waals surface area contributed by atoms with Gasteiger partial charge in [-0.2, -0.15) is 0 Å². The Morgan fingerprint density at radius 3 is 2.33 bits per heavy atom. The van der Waals surface area contributed by atoms with Crippen molar-refractivity contribution in [3.8, 4) is 0 Å². The van der Waals surface area contributed by atoms with Gasteiger partial charge in [-0.15, -0.1) is 0 Å². The molecule has 1 rings (SSSR count). The quantitative estimate of drug-likeness (QED) is 0.665. The summed E-state index contributed by atoms with van der Waals surface area (Å²) < 4.78 is 25.8. The zero-order valence-electron chi connectivity index (χ0n) is 15.1. The number of carbonyl (C=O) groups excluding carboxylic acids is 1. The number of rotatable bonds is 9. The number of amides is 1. The number of nitrogens with zero attached hydrogens (tertiary/aromatic N) is 1. The van der Waals surface area contributed by atoms with E-state index in [-0.39, 0.29) is 10.8 Å². The van der Waals surface area contributed by atoms with Gasteiger partial charge in [-0.3, -0.25) is 4.79 Å². The van der Waals surface area contributed by atoms with Crippen LogP contribution in [0.4, 0.5) is 5.69 Å². The van der Waals surface area contributed by atoms with E-state index in [0.717, 1.165) is 36.8 Å². The third-order valence-electron chi connectivity index (χ3n) is 4.05. The third kappa shape index (κ3) is 5.58. The second-order valence-electron chi connectivity index (χ2n) is 6.20. The summed E-state index contributed by atoms with van der Waals surface area (Å²) in [6.45, 7) is 4.39. The Hall–Kier alpha value is -1.44. The molecule has 7 heteroatoms. The lowest BCUT2D eigenvalue weighted by atomic mass is 10.1. The summed E-state index contributed by atoms with van der Waals surface area (Å²) in [5.41, 5.74) is 7.71. The topological polar surface area (TPSA) is 92.5 Å². The molecule has 0 bridgehead atoms. The van der Waals surface area contributed by atoms with Gasteiger partial charge >= 0.3 is 0 Å². The van der Waals surface area contributed by atoms with Crippen LogP contribution < -0.4 is 11.1 Å². The first-order valence-corrected chi connectivity index (χ1v) is 9.68. The molecule has 0 saturated carbocycles. The van der Waals surface area contributed by atoms with E-state index < -0.39 is 10.0 Å². The van der Waals surface area contributed by atoms with E-state index in [1.165, 1.54) is 24.5 Å². The van der Waals surface area contributed by atoms with Gasteiger partial charge < -0.3 is 11.1 Å². The van der Waals surface area contributed by atoms with E-state index in [1.54, 1.807) is 6.07 Å². The van der Waals surface area contributed by atoms with E-state index in [0.29, 0.717) is 18.7 Å². The first-order chi connectivity index (χ1) is 11.2. The molecule has 136 valence electrons. The summed E-state index contributed by atoms with van der Waals surface area (Å²) in [6.07, 6.45) is 4.20. The summed E-state index contributed by atoms with van der Waals surface area (Å²) in [5.74, 6) is -0.0929. The first kappa shape index (κ1) is 20.6. The van der Waals surface area contributed by atoms with Crippen molar-refractivity contribution in [2.24, 2.45) is 5.73 Å². The molecule has 1 amide bonds. The van der Waals surface area contributed by atoms with Crippen LogP contribution in [0.15, 0.2) is 17.0 Å². The smallest absolute Gasteiger partial charge is 0.242 e. The molecule has 0 heterocycles. The van der Waals surface area contributed by atoms with Crippen LogP contribution in [0.1, 0.15) is 43.2 Å². The van der Waals surface area contributed by atoms with Gasteiger partial charge in [0.2, 0.25) is 15.9 Å². The number of nitrogens with two attached hydrogens (primary N) is 1. The molecule has 0 aromatic heterocycles. The average Bonchev–Trinajstić information content (AvgIpc) is 2.51. The van der Waals surface area contributed by atoms with Crippen LogP contribution in [0.3, 0.4) is 0 Å². The second kappa shape index (κ2) is 9.15. The predicted octanol–water partition coefficient (Wildman–Crippen LogP) is 2.40. The summed E-state index contributed by atoms with van der Waals surface area (Å²) in [6, 6.07) is 3.16. The van der Waals surface area contributed by atoms with Crippen LogP contribution in [-0.4, -0.2) is 39.3 Å². The van der Waals surface area contributed by atoms with Gasteiger partial charge in [0.1, 0.15) is 0 Å². The minimum atomic E-state index is -3.53. The van der Waals surface area contributed by atoms with E-state index in [1.807, 2.05) is 13.8 Å². The minimum Gasteiger partial charge on any atom is -0.330 e. The van der Waals surface area contributed by atoms with E-state index in [4.69, 9.17) is 5.73 Å². The van der Waals surface area contributed by atoms with Crippen LogP contribution >= 0.6 is 0 Å². The maximum absolute atomic E-state index is 12.3. The average molecular weight is 356 g/mol. The zero-order valence-corrected chi connectivity index (χ0v) is 15.9. The number of sulfonamides is 1. The number of hydrogen-bond donors (Lipinski definition) is 2. The Morgan fingerprint density at radius 1 is 1.12 bits per heavy atom. The summed E-state index contributed by atoms with van der Waals surface area (Å²) >= 11 is 0. The van der Waals surface area contributed by atoms with Crippen molar-refractivity contribution < 1.29 is 13.2 Å². The Labute approximate surface area is 145 Å². The highest BCUT2D eigenvalue weighted by Gasteiger charge is 2.20. The van der Waals surface area contributed by atoms with Gasteiger partial charge in [0, 0.05) is 26.2 Å². The number of unbranched alkanes of at least 4 members (excludes halogenated alkanes) is 3. The predicted molar refractivity (Wildman–Crippen MR) is 97.6 cm³/mol. The molecule has 0 unspecified atom stereocenters. The summed E-state index contributed by atoms with van der Waals surface area (Å²) in [7, 11) is -0.551. The molecule has 0 aliphatic rings. The number of benzene rings is 1. The highest BCUT2D eigenvalue weighted by Crippen LogP contribution is 2.25. The second-order valence-corrected chi connectivity index (χ2v) is 8.35. The monoisotopic (exact) mass is 355 g/mol. The lowest BCUT2D eigenvalue weighted by Crippen LogP contribution is -2.23. The SMILES string of the molecule is Cc1cc(S(=O)(=O)N(C)C)cc(NC(=O)CCCCCCN)c1C. The van der Waals surface area contributed by atoms with Crippen LogP contribution in [0.5, 0.6) is 0 Å². The molecule has 0 radical (unpaired) electrons. The lowest BCUT2D eigenvalue weighted by Gasteiger charge is -2.16. The first-order valence-electron chi connectivity index (χ1n) is 8.24. The van der Waals surface area contributed by atoms with Gasteiger partial charge in [-0.25, -0.2) is 12.7 Å². The van der Waals surface area contributed by atoms with Crippen molar-refractivity contribution in [1.29, 1.82) is 0 Å². The Balaban J connectivity index is 2.84. The van der Waals surface area contributed by atoms with Gasteiger partial charge in [-0.1, -0.05) is 12.8 Å². The Morgan fingerprint density at radius 2 is 1.75 bits per heavy atom. The fourth-order valence-electron chi connectivity index (χ4n) is 2.31. The van der Waals surface area contributed by atoms with Gasteiger partial charge in [-0.05, 0) is 56.5 Å². The van der Waals surface area contributed by atoms with Crippen molar-refractivity contribution in [2.45, 2.75) is 50.8 Å². The molecular formula is C17H29N3O3S. The van der Waals surface area contributed by atoms with Crippen molar-refractivity contribution in [1.82, 2.24) is 4.31 Å². The molecule has 0 fully saturated rings. The molecule has 1 aromatic carbocycles. The van der Waals surface area contributed by atoms with Crippen LogP contribution in [0.2, 0.25) is 0 Å². The Kier molecular flexibility index (Phi) is 7.86. The Bertz CT molecular complexity index is 670. The number of carbonyl (C=O) groups is 1. The van der Waals surface area contributed by atoms with E-state index in [9.17, 15) is 13.2 Å². The highest BCUT2D eigenvalue weighted by molar-refractivity contribution is 7.89. The zero-order chi connectivity index (χ0) is 18.3. The van der Waals surface area contributed by atoms with Crippen LogP contribution in [0, 0.1) is 13.8 Å². The van der Waals surface area contributed by atoms with E-state index >= 15 is 0 Å². The van der Waals surface area contributed by atoms with E-state index in [2.05, 4.69) is 5.32 Å². The normalized spacial score (nSPS) is 11.8. The number of aryl methyl sites for hydroxylation is 1. The van der Waals surface area contributed by atoms with Crippen LogP contribution in [0.25, 0.3) is 0 Å². The molecular weight excluding hydrogens is 326 g/mol. The lowest BCUT2D eigenvalue weighted by molar-refractivity contribution is -0.116. The number of nitrogens with one attached hydrogen (secondary N) is 1. The molecule has 0 spiro atoms. The minimum absolute atomic E-state index is 0.0929. The fourth-order valence-corrected chi connectivity index (χ4v) is 3.33. The molecule has 0 atom stereocenters. The maximum atomic E-state index is 12.3. The number of hydrogen-bond acceptors (Lipinski definition) is 4. The van der Waals surface area contributed by atoms with Gasteiger partial charge in [0.15, 0.2) is 0 Å². The summed E-state index contributed by atoms with van der Waals surface area (Å²) in [4.78, 5) is 12.3. The molecule has 6 nitrogen and oxygen atoms in total. The largest absolute Gasteiger partial charge is 0.330 e. The molecule has 0 aliphatic heterocycles. The molecule has 0 aliphatic carbocycles. The van der Waals surface area contributed by atoms with Crippen molar-refractivity contribution in [3.05, 3.63) is 23.3 Å².